The third-order valence-corrected chi connectivity index (χ3v) is 8.75. The van der Waals surface area contributed by atoms with Crippen molar-refractivity contribution in [1.82, 2.24) is 14.8 Å². The fraction of sp³-hybridized carbons (Fsp3) is 0.355. The number of nitrogens with one attached hydrogen (secondary N) is 1. The fourth-order valence-corrected chi connectivity index (χ4v) is 6.48. The molecule has 1 saturated heterocycles. The van der Waals surface area contributed by atoms with Crippen molar-refractivity contribution < 1.29 is 9.59 Å². The summed E-state index contributed by atoms with van der Waals surface area (Å²) < 4.78 is 2.33. The van der Waals surface area contributed by atoms with Crippen LogP contribution in [0.4, 0.5) is 5.69 Å². The zero-order valence-electron chi connectivity index (χ0n) is 22.7. The number of anilines is 1. The molecule has 6 nitrogen and oxygen atoms in total. The Morgan fingerprint density at radius 3 is 2.39 bits per heavy atom. The molecule has 1 unspecified atom stereocenters. The molecule has 1 aliphatic rings. The second-order valence-electron chi connectivity index (χ2n) is 10.0. The number of carbonyl (C=O) groups excluding carboxylic acids is 2. The van der Waals surface area contributed by atoms with E-state index in [0.29, 0.717) is 18.8 Å². The van der Waals surface area contributed by atoms with E-state index in [0.717, 1.165) is 24.5 Å². The van der Waals surface area contributed by atoms with E-state index in [-0.39, 0.29) is 11.8 Å². The Kier molecular flexibility index (Phi) is 7.65. The molecule has 5 rings (SSSR count). The molecule has 0 aliphatic carbocycles. The molecule has 1 atom stereocenters. The molecule has 2 heterocycles. The molecule has 0 radical (unpaired) electrons. The zero-order chi connectivity index (χ0) is 26.8. The number of carbonyl (C=O) groups is 2. The molecule has 2 amide bonds. The summed E-state index contributed by atoms with van der Waals surface area (Å²) in [4.78, 5) is 30.9. The first-order valence-electron chi connectivity index (χ1n) is 13.4. The van der Waals surface area contributed by atoms with Gasteiger partial charge >= 0.3 is 0 Å². The first-order valence-corrected chi connectivity index (χ1v) is 14.4. The van der Waals surface area contributed by atoms with Crippen molar-refractivity contribution >= 4 is 51.1 Å². The normalized spacial score (nSPS) is 14.7. The number of nitrogens with zero attached hydrogens (tertiary/aromatic N) is 3. The van der Waals surface area contributed by atoms with E-state index in [1.807, 2.05) is 4.90 Å². The molecular formula is C31H36N4O2S. The van der Waals surface area contributed by atoms with E-state index in [4.69, 9.17) is 0 Å². The van der Waals surface area contributed by atoms with Gasteiger partial charge in [0.05, 0.1) is 0 Å². The zero-order valence-corrected chi connectivity index (χ0v) is 23.5. The molecule has 1 aliphatic heterocycles. The number of aryl methyl sites for hydroxylation is 2. The Hall–Kier alpha value is -3.45. The number of piperazine rings is 1. The first-order chi connectivity index (χ1) is 18.4. The maximum atomic E-state index is 13.5. The van der Waals surface area contributed by atoms with Gasteiger partial charge in [0.15, 0.2) is 0 Å². The summed E-state index contributed by atoms with van der Waals surface area (Å²) in [5.41, 5.74) is 6.26. The average Bonchev–Trinajstić information content (AvgIpc) is 3.25. The predicted octanol–water partition coefficient (Wildman–Crippen LogP) is 5.38. The van der Waals surface area contributed by atoms with Gasteiger partial charge in [0.25, 0.3) is 0 Å². The maximum absolute atomic E-state index is 13.5. The molecule has 0 bridgehead atoms. The van der Waals surface area contributed by atoms with Crippen LogP contribution in [0, 0.1) is 13.8 Å². The van der Waals surface area contributed by atoms with E-state index in [9.17, 15) is 9.59 Å². The molecule has 0 saturated carbocycles. The Morgan fingerprint density at radius 1 is 0.921 bits per heavy atom. The number of rotatable bonds is 7. The highest BCUT2D eigenvalue weighted by molar-refractivity contribution is 7.99. The van der Waals surface area contributed by atoms with Gasteiger partial charge in [0.1, 0.15) is 6.04 Å². The molecule has 198 valence electrons. The van der Waals surface area contributed by atoms with Crippen LogP contribution in [0.2, 0.25) is 0 Å². The number of fused-ring (bicyclic) bond motifs is 3. The molecule has 4 aromatic rings. The number of aromatic nitrogens is 1. The van der Waals surface area contributed by atoms with Gasteiger partial charge in [-0.3, -0.25) is 9.59 Å². The van der Waals surface area contributed by atoms with Crippen molar-refractivity contribution in [2.24, 2.45) is 0 Å². The van der Waals surface area contributed by atoms with E-state index < -0.39 is 6.04 Å². The van der Waals surface area contributed by atoms with Crippen molar-refractivity contribution in [1.29, 1.82) is 0 Å². The van der Waals surface area contributed by atoms with Gasteiger partial charge in [-0.05, 0) is 62.2 Å². The molecule has 38 heavy (non-hydrogen) atoms. The Bertz CT molecular complexity index is 1490. The van der Waals surface area contributed by atoms with Gasteiger partial charge in [0, 0.05) is 77.8 Å². The van der Waals surface area contributed by atoms with Crippen molar-refractivity contribution in [3.63, 3.8) is 0 Å². The Labute approximate surface area is 229 Å². The summed E-state index contributed by atoms with van der Waals surface area (Å²) in [6.07, 6.45) is 0. The van der Waals surface area contributed by atoms with Crippen LogP contribution in [-0.4, -0.2) is 59.3 Å². The molecular weight excluding hydrogens is 492 g/mol. The minimum absolute atomic E-state index is 0.00280. The molecule has 1 N–H and O–H groups in total. The fourth-order valence-electron chi connectivity index (χ4n) is 5.53. The van der Waals surface area contributed by atoms with Crippen molar-refractivity contribution in [2.75, 3.05) is 36.8 Å². The van der Waals surface area contributed by atoms with Gasteiger partial charge < -0.3 is 19.7 Å². The average molecular weight is 529 g/mol. The Balaban J connectivity index is 1.29. The Morgan fingerprint density at radius 2 is 1.66 bits per heavy atom. The topological polar surface area (TPSA) is 57.6 Å². The van der Waals surface area contributed by atoms with Gasteiger partial charge in [-0.2, -0.15) is 0 Å². The van der Waals surface area contributed by atoms with Crippen molar-refractivity contribution in [3.05, 3.63) is 71.8 Å². The van der Waals surface area contributed by atoms with Gasteiger partial charge in [0.2, 0.25) is 11.8 Å². The van der Waals surface area contributed by atoms with Crippen molar-refractivity contribution in [3.8, 4) is 0 Å². The number of benzene rings is 3. The van der Waals surface area contributed by atoms with Gasteiger partial charge in [-0.25, -0.2) is 0 Å². The first kappa shape index (κ1) is 26.2. The van der Waals surface area contributed by atoms with Crippen LogP contribution in [0.3, 0.4) is 0 Å². The predicted molar refractivity (Wildman–Crippen MR) is 158 cm³/mol. The number of thioether (sulfide) groups is 1. The minimum Gasteiger partial charge on any atom is -0.368 e. The lowest BCUT2D eigenvalue weighted by atomic mass is 10.1. The summed E-state index contributed by atoms with van der Waals surface area (Å²) in [5.74, 6) is 0.310. The van der Waals surface area contributed by atoms with Crippen LogP contribution in [0.5, 0.6) is 0 Å². The molecule has 1 aromatic heterocycles. The summed E-state index contributed by atoms with van der Waals surface area (Å²) in [5, 5.41) is 5.38. The van der Waals surface area contributed by atoms with E-state index in [1.54, 1.807) is 11.8 Å². The number of para-hydroxylation sites is 1. The second-order valence-corrected chi connectivity index (χ2v) is 11.1. The highest BCUT2D eigenvalue weighted by atomic mass is 32.2. The van der Waals surface area contributed by atoms with E-state index >= 15 is 0 Å². The number of amides is 2. The lowest BCUT2D eigenvalue weighted by molar-refractivity contribution is -0.135. The molecule has 1 fully saturated rings. The quantitative estimate of drug-likeness (QED) is 0.328. The van der Waals surface area contributed by atoms with Crippen molar-refractivity contribution in [2.45, 2.75) is 45.2 Å². The van der Waals surface area contributed by atoms with Crippen LogP contribution in [-0.2, 0) is 16.1 Å². The van der Waals surface area contributed by atoms with Crippen LogP contribution < -0.4 is 10.2 Å². The third kappa shape index (κ3) is 5.12. The largest absolute Gasteiger partial charge is 0.368 e. The van der Waals surface area contributed by atoms with Crippen LogP contribution in [0.25, 0.3) is 21.8 Å². The monoisotopic (exact) mass is 528 g/mol. The maximum Gasteiger partial charge on any atom is 0.246 e. The summed E-state index contributed by atoms with van der Waals surface area (Å²) in [7, 11) is 0. The number of hydrogen-bond donors (Lipinski definition) is 1. The number of hydrogen-bond acceptors (Lipinski definition) is 4. The standard InChI is InChI=1S/C31H36N4O2S/c1-5-35-29-11-7-6-10-25(29)26-19-24(13-14-30(26)35)38-20-27(32-23(4)36)31(37)34-17-15-33(16-18-34)28-12-8-9-21(2)22(28)3/h6-14,19,27H,5,15-18,20H2,1-4H3,(H,32,36). The second kappa shape index (κ2) is 11.1. The van der Waals surface area contributed by atoms with E-state index in [2.05, 4.69) is 96.2 Å². The SMILES string of the molecule is CCn1c2ccccc2c2cc(SCC(NC(C)=O)C(=O)N3CCN(c4cccc(C)c4C)CC3)ccc21. The lowest BCUT2D eigenvalue weighted by Crippen LogP contribution is -2.55. The lowest BCUT2D eigenvalue weighted by Gasteiger charge is -2.38. The molecule has 7 heteroatoms. The summed E-state index contributed by atoms with van der Waals surface area (Å²) in [6, 6.07) is 20.8. The van der Waals surface area contributed by atoms with Gasteiger partial charge in [-0.1, -0.05) is 30.3 Å². The highest BCUT2D eigenvalue weighted by Gasteiger charge is 2.29. The summed E-state index contributed by atoms with van der Waals surface area (Å²) in [6.45, 7) is 11.7. The third-order valence-electron chi connectivity index (χ3n) is 7.66. The van der Waals surface area contributed by atoms with Crippen LogP contribution in [0.1, 0.15) is 25.0 Å². The van der Waals surface area contributed by atoms with Crippen LogP contribution in [0.15, 0.2) is 65.6 Å². The smallest absolute Gasteiger partial charge is 0.246 e. The summed E-state index contributed by atoms with van der Waals surface area (Å²) >= 11 is 1.62. The minimum atomic E-state index is -0.558. The van der Waals surface area contributed by atoms with Gasteiger partial charge in [-0.15, -0.1) is 11.8 Å². The van der Waals surface area contributed by atoms with Crippen LogP contribution >= 0.6 is 11.8 Å². The highest BCUT2D eigenvalue weighted by Crippen LogP contribution is 2.32. The molecule has 0 spiro atoms. The molecule has 3 aromatic carbocycles. The van der Waals surface area contributed by atoms with E-state index in [1.165, 1.54) is 45.5 Å².